The number of aryl methyl sites for hydroxylation is 1. The zero-order valence-electron chi connectivity index (χ0n) is 15.4. The summed E-state index contributed by atoms with van der Waals surface area (Å²) in [7, 11) is 1.81. The Labute approximate surface area is 157 Å². The van der Waals surface area contributed by atoms with Crippen LogP contribution in [0.5, 0.6) is 0 Å². The van der Waals surface area contributed by atoms with Crippen LogP contribution < -0.4 is 0 Å². The van der Waals surface area contributed by atoms with Gasteiger partial charge in [0.15, 0.2) is 0 Å². The number of carbonyl (C=O) groups excluding carboxylic acids is 1. The number of amides is 1. The Kier molecular flexibility index (Phi) is 4.46. The maximum atomic E-state index is 13.1. The average Bonchev–Trinajstić information content (AvgIpc) is 3.30. The highest BCUT2D eigenvalue weighted by Crippen LogP contribution is 2.20. The summed E-state index contributed by atoms with van der Waals surface area (Å²) in [6.45, 7) is 3.08. The molecule has 4 aromatic rings. The van der Waals surface area contributed by atoms with E-state index >= 15 is 0 Å². The molecule has 0 bridgehead atoms. The smallest absolute Gasteiger partial charge is 0.272 e. The van der Waals surface area contributed by atoms with Crippen molar-refractivity contribution in [2.75, 3.05) is 6.54 Å². The molecule has 0 aliphatic heterocycles. The van der Waals surface area contributed by atoms with Gasteiger partial charge >= 0.3 is 0 Å². The van der Waals surface area contributed by atoms with Gasteiger partial charge in [0, 0.05) is 25.4 Å². The molecule has 0 aliphatic carbocycles. The molecule has 0 N–H and O–H groups in total. The standard InChI is InChI=1S/C21H21N5O/c1-3-25(15-17-14-22-20-11-7-8-12-26(17)20)21(27)19-13-18(23-24(19)2)16-9-5-4-6-10-16/h4-14H,3,15H2,1-2H3. The average molecular weight is 359 g/mol. The number of imidazole rings is 1. The number of pyridine rings is 1. The second-order valence-corrected chi connectivity index (χ2v) is 6.40. The minimum absolute atomic E-state index is 0.0411. The molecule has 6 nitrogen and oxygen atoms in total. The summed E-state index contributed by atoms with van der Waals surface area (Å²) in [5.74, 6) is -0.0411. The molecule has 0 radical (unpaired) electrons. The SMILES string of the molecule is CCN(Cc1cnc2ccccn12)C(=O)c1cc(-c2ccccc2)nn1C. The van der Waals surface area contributed by atoms with E-state index in [0.29, 0.717) is 18.8 Å². The highest BCUT2D eigenvalue weighted by Gasteiger charge is 2.21. The number of benzene rings is 1. The van der Waals surface area contributed by atoms with Gasteiger partial charge in [-0.15, -0.1) is 0 Å². The van der Waals surface area contributed by atoms with Gasteiger partial charge in [0.2, 0.25) is 0 Å². The quantitative estimate of drug-likeness (QED) is 0.549. The van der Waals surface area contributed by atoms with Crippen LogP contribution in [0.25, 0.3) is 16.9 Å². The van der Waals surface area contributed by atoms with Crippen molar-refractivity contribution >= 4 is 11.6 Å². The second kappa shape index (κ2) is 7.07. The van der Waals surface area contributed by atoms with E-state index in [9.17, 15) is 4.79 Å². The molecular formula is C21H21N5O. The molecule has 0 spiro atoms. The van der Waals surface area contributed by atoms with Crippen LogP contribution >= 0.6 is 0 Å². The fourth-order valence-corrected chi connectivity index (χ4v) is 3.20. The molecule has 0 aliphatic rings. The van der Waals surface area contributed by atoms with Crippen LogP contribution in [-0.4, -0.2) is 36.5 Å². The van der Waals surface area contributed by atoms with Crippen LogP contribution in [0.15, 0.2) is 67.0 Å². The number of nitrogens with zero attached hydrogens (tertiary/aromatic N) is 5. The third-order valence-electron chi connectivity index (χ3n) is 4.68. The van der Waals surface area contributed by atoms with E-state index < -0.39 is 0 Å². The number of rotatable bonds is 5. The lowest BCUT2D eigenvalue weighted by atomic mass is 10.1. The first kappa shape index (κ1) is 17.0. The van der Waals surface area contributed by atoms with Gasteiger partial charge < -0.3 is 9.30 Å². The molecule has 1 aromatic carbocycles. The summed E-state index contributed by atoms with van der Waals surface area (Å²) < 4.78 is 3.66. The van der Waals surface area contributed by atoms with Gasteiger partial charge in [0.25, 0.3) is 5.91 Å². The monoisotopic (exact) mass is 359 g/mol. The summed E-state index contributed by atoms with van der Waals surface area (Å²) in [4.78, 5) is 19.4. The van der Waals surface area contributed by atoms with Crippen LogP contribution in [0.3, 0.4) is 0 Å². The lowest BCUT2D eigenvalue weighted by Gasteiger charge is -2.20. The predicted molar refractivity (Wildman–Crippen MR) is 104 cm³/mol. The summed E-state index contributed by atoms with van der Waals surface area (Å²) in [6, 6.07) is 17.6. The molecule has 0 saturated carbocycles. The molecule has 3 aromatic heterocycles. The van der Waals surface area contributed by atoms with E-state index in [1.165, 1.54) is 0 Å². The van der Waals surface area contributed by atoms with Gasteiger partial charge in [-0.05, 0) is 25.1 Å². The van der Waals surface area contributed by atoms with Crippen molar-refractivity contribution in [2.45, 2.75) is 13.5 Å². The fraction of sp³-hybridized carbons (Fsp3) is 0.190. The normalized spacial score (nSPS) is 11.0. The van der Waals surface area contributed by atoms with Crippen LogP contribution in [-0.2, 0) is 13.6 Å². The van der Waals surface area contributed by atoms with Crippen LogP contribution in [0.4, 0.5) is 0 Å². The first-order valence-corrected chi connectivity index (χ1v) is 8.97. The van der Waals surface area contributed by atoms with E-state index in [0.717, 1.165) is 22.6 Å². The number of fused-ring (bicyclic) bond motifs is 1. The lowest BCUT2D eigenvalue weighted by Crippen LogP contribution is -2.32. The number of hydrogen-bond acceptors (Lipinski definition) is 3. The summed E-state index contributed by atoms with van der Waals surface area (Å²) in [5, 5.41) is 4.52. The van der Waals surface area contributed by atoms with Crippen LogP contribution in [0.2, 0.25) is 0 Å². The zero-order chi connectivity index (χ0) is 18.8. The van der Waals surface area contributed by atoms with Gasteiger partial charge in [-0.3, -0.25) is 9.48 Å². The molecule has 0 atom stereocenters. The van der Waals surface area contributed by atoms with Gasteiger partial charge in [-0.2, -0.15) is 5.10 Å². The summed E-state index contributed by atoms with van der Waals surface area (Å²) >= 11 is 0. The van der Waals surface area contributed by atoms with E-state index in [1.54, 1.807) is 4.68 Å². The van der Waals surface area contributed by atoms with E-state index in [1.807, 2.05) is 90.3 Å². The molecule has 0 fully saturated rings. The van der Waals surface area contributed by atoms with E-state index in [2.05, 4.69) is 10.1 Å². The maximum Gasteiger partial charge on any atom is 0.272 e. The van der Waals surface area contributed by atoms with Crippen LogP contribution in [0.1, 0.15) is 23.1 Å². The van der Waals surface area contributed by atoms with Crippen molar-refractivity contribution in [1.82, 2.24) is 24.1 Å². The Balaban J connectivity index is 1.62. The number of aromatic nitrogens is 4. The minimum Gasteiger partial charge on any atom is -0.332 e. The third-order valence-corrected chi connectivity index (χ3v) is 4.68. The number of hydrogen-bond donors (Lipinski definition) is 0. The van der Waals surface area contributed by atoms with Crippen molar-refractivity contribution in [3.63, 3.8) is 0 Å². The molecule has 0 saturated heterocycles. The third kappa shape index (κ3) is 3.21. The first-order chi connectivity index (χ1) is 13.2. The highest BCUT2D eigenvalue weighted by atomic mass is 16.2. The van der Waals surface area contributed by atoms with Crippen molar-refractivity contribution in [3.8, 4) is 11.3 Å². The second-order valence-electron chi connectivity index (χ2n) is 6.40. The topological polar surface area (TPSA) is 55.4 Å². The molecule has 6 heteroatoms. The molecule has 3 heterocycles. The first-order valence-electron chi connectivity index (χ1n) is 8.97. The Bertz CT molecular complexity index is 1080. The Morgan fingerprint density at radius 2 is 1.89 bits per heavy atom. The minimum atomic E-state index is -0.0411. The predicted octanol–water partition coefficient (Wildman–Crippen LogP) is 3.40. The van der Waals surface area contributed by atoms with E-state index in [-0.39, 0.29) is 5.91 Å². The maximum absolute atomic E-state index is 13.1. The number of carbonyl (C=O) groups is 1. The van der Waals surface area contributed by atoms with Crippen molar-refractivity contribution in [3.05, 3.63) is 78.4 Å². The molecule has 4 rings (SSSR count). The molecule has 1 amide bonds. The van der Waals surface area contributed by atoms with Gasteiger partial charge in [0.1, 0.15) is 11.3 Å². The van der Waals surface area contributed by atoms with Crippen molar-refractivity contribution < 1.29 is 4.79 Å². The Hall–Kier alpha value is -3.41. The lowest BCUT2D eigenvalue weighted by molar-refractivity contribution is 0.0739. The van der Waals surface area contributed by atoms with Gasteiger partial charge in [-0.25, -0.2) is 4.98 Å². The van der Waals surface area contributed by atoms with Crippen molar-refractivity contribution in [2.24, 2.45) is 7.05 Å². The summed E-state index contributed by atoms with van der Waals surface area (Å²) in [5.41, 5.74) is 4.22. The summed E-state index contributed by atoms with van der Waals surface area (Å²) in [6.07, 6.45) is 3.79. The Morgan fingerprint density at radius 1 is 1.11 bits per heavy atom. The molecule has 0 unspecified atom stereocenters. The van der Waals surface area contributed by atoms with E-state index in [4.69, 9.17) is 0 Å². The van der Waals surface area contributed by atoms with Gasteiger partial charge in [0.05, 0.1) is 24.1 Å². The van der Waals surface area contributed by atoms with Crippen LogP contribution in [0, 0.1) is 0 Å². The molecule has 27 heavy (non-hydrogen) atoms. The highest BCUT2D eigenvalue weighted by molar-refractivity contribution is 5.93. The van der Waals surface area contributed by atoms with Gasteiger partial charge in [-0.1, -0.05) is 36.4 Å². The Morgan fingerprint density at radius 3 is 2.67 bits per heavy atom. The molecular weight excluding hydrogens is 338 g/mol. The molecule has 136 valence electrons. The largest absolute Gasteiger partial charge is 0.332 e. The zero-order valence-corrected chi connectivity index (χ0v) is 15.4. The fourth-order valence-electron chi connectivity index (χ4n) is 3.20. The van der Waals surface area contributed by atoms with Crippen molar-refractivity contribution in [1.29, 1.82) is 0 Å².